The maximum absolute atomic E-state index is 14.6. The average molecular weight is 464 g/mol. The van der Waals surface area contributed by atoms with Gasteiger partial charge in [0.05, 0.1) is 40.3 Å². The number of carbonyl (C=O) groups excluding carboxylic acids is 1. The van der Waals surface area contributed by atoms with E-state index < -0.39 is 11.6 Å². The molecule has 176 valence electrons. The molecule has 5 rings (SSSR count). The summed E-state index contributed by atoms with van der Waals surface area (Å²) in [5.74, 6) is -1.58. The number of aromatic amines is 1. The molecule has 1 aliphatic carbocycles. The van der Waals surface area contributed by atoms with E-state index >= 15 is 0 Å². The number of nitrogens with one attached hydrogen (secondary N) is 2. The number of H-pyrrole nitrogens is 1. The van der Waals surface area contributed by atoms with E-state index in [1.807, 2.05) is 13.8 Å². The number of halogens is 2. The number of amides is 1. The van der Waals surface area contributed by atoms with Crippen LogP contribution >= 0.6 is 0 Å². The molecular formula is C26H27F2N5O. The molecule has 3 heterocycles. The van der Waals surface area contributed by atoms with Gasteiger partial charge >= 0.3 is 0 Å². The second-order valence-electron chi connectivity index (χ2n) is 9.16. The number of hydrogen-bond donors (Lipinski definition) is 2. The molecule has 3 aromatic heterocycles. The third-order valence-corrected chi connectivity index (χ3v) is 6.57. The highest BCUT2D eigenvalue weighted by Crippen LogP contribution is 2.35. The number of benzene rings is 1. The number of rotatable bonds is 5. The third-order valence-electron chi connectivity index (χ3n) is 6.57. The molecule has 0 saturated carbocycles. The van der Waals surface area contributed by atoms with Gasteiger partial charge in [-0.15, -0.1) is 0 Å². The van der Waals surface area contributed by atoms with Gasteiger partial charge in [0, 0.05) is 11.3 Å². The zero-order chi connectivity index (χ0) is 24.0. The molecule has 34 heavy (non-hydrogen) atoms. The van der Waals surface area contributed by atoms with Gasteiger partial charge in [-0.2, -0.15) is 10.2 Å². The molecule has 1 amide bonds. The van der Waals surface area contributed by atoms with Gasteiger partial charge in [0.25, 0.3) is 5.91 Å². The number of hydrogen-bond acceptors (Lipinski definition) is 3. The lowest BCUT2D eigenvalue weighted by molar-refractivity contribution is 0.0948. The summed E-state index contributed by atoms with van der Waals surface area (Å²) >= 11 is 0. The Kier molecular flexibility index (Phi) is 5.67. The number of pyridine rings is 1. The molecule has 0 radical (unpaired) electrons. The Morgan fingerprint density at radius 2 is 1.85 bits per heavy atom. The summed E-state index contributed by atoms with van der Waals surface area (Å²) in [4.78, 5) is 13.2. The average Bonchev–Trinajstić information content (AvgIpc) is 3.37. The number of fused-ring (bicyclic) bond motifs is 2. The van der Waals surface area contributed by atoms with E-state index in [4.69, 9.17) is 0 Å². The minimum atomic E-state index is -0.645. The first-order valence-electron chi connectivity index (χ1n) is 11.7. The predicted octanol–water partition coefficient (Wildman–Crippen LogP) is 5.24. The Labute approximate surface area is 196 Å². The highest BCUT2D eigenvalue weighted by atomic mass is 19.1. The molecule has 6 nitrogen and oxygen atoms in total. The highest BCUT2D eigenvalue weighted by Gasteiger charge is 2.25. The van der Waals surface area contributed by atoms with Crippen LogP contribution in [0.5, 0.6) is 0 Å². The van der Waals surface area contributed by atoms with Crippen LogP contribution in [0.2, 0.25) is 0 Å². The van der Waals surface area contributed by atoms with Gasteiger partial charge in [0.15, 0.2) is 0 Å². The Hall–Kier alpha value is -3.55. The van der Waals surface area contributed by atoms with Crippen LogP contribution in [0.25, 0.3) is 16.6 Å². The lowest BCUT2D eigenvalue weighted by Crippen LogP contribution is -2.26. The molecule has 8 heteroatoms. The summed E-state index contributed by atoms with van der Waals surface area (Å²) in [6.45, 7) is 5.99. The van der Waals surface area contributed by atoms with Crippen LogP contribution in [0.15, 0.2) is 30.3 Å². The fourth-order valence-electron chi connectivity index (χ4n) is 4.99. The van der Waals surface area contributed by atoms with Crippen molar-refractivity contribution in [1.29, 1.82) is 0 Å². The third kappa shape index (κ3) is 3.67. The van der Waals surface area contributed by atoms with E-state index in [2.05, 4.69) is 20.6 Å². The van der Waals surface area contributed by atoms with E-state index in [0.717, 1.165) is 31.4 Å². The fourth-order valence-corrected chi connectivity index (χ4v) is 4.99. The van der Waals surface area contributed by atoms with Gasteiger partial charge in [-0.05, 0) is 68.4 Å². The van der Waals surface area contributed by atoms with E-state index in [1.54, 1.807) is 23.6 Å². The molecule has 0 saturated heterocycles. The minimum absolute atomic E-state index is 0.0554. The van der Waals surface area contributed by atoms with Crippen molar-refractivity contribution in [2.24, 2.45) is 0 Å². The Morgan fingerprint density at radius 1 is 1.12 bits per heavy atom. The number of aromatic nitrogens is 4. The van der Waals surface area contributed by atoms with Crippen LogP contribution in [0.3, 0.4) is 0 Å². The smallest absolute Gasteiger partial charge is 0.253 e. The molecule has 4 aromatic rings. The van der Waals surface area contributed by atoms with Crippen molar-refractivity contribution < 1.29 is 13.6 Å². The fraction of sp³-hybridized carbons (Fsp3) is 0.346. The van der Waals surface area contributed by atoms with Gasteiger partial charge in [0.2, 0.25) is 0 Å². The largest absolute Gasteiger partial charge is 0.346 e. The van der Waals surface area contributed by atoms with Crippen LogP contribution in [0.1, 0.15) is 71.3 Å². The molecule has 1 aromatic carbocycles. The molecule has 0 spiro atoms. The zero-order valence-corrected chi connectivity index (χ0v) is 19.5. The van der Waals surface area contributed by atoms with E-state index in [9.17, 15) is 13.6 Å². The first-order valence-corrected chi connectivity index (χ1v) is 11.7. The summed E-state index contributed by atoms with van der Waals surface area (Å²) in [7, 11) is 0. The van der Waals surface area contributed by atoms with Crippen LogP contribution in [-0.2, 0) is 19.4 Å². The molecule has 0 aliphatic heterocycles. The van der Waals surface area contributed by atoms with Crippen molar-refractivity contribution >= 4 is 11.4 Å². The molecular weight excluding hydrogens is 436 g/mol. The van der Waals surface area contributed by atoms with Crippen LogP contribution in [-0.4, -0.2) is 25.7 Å². The summed E-state index contributed by atoms with van der Waals surface area (Å²) < 4.78 is 30.8. The number of carbonyl (C=O) groups is 1. The quantitative estimate of drug-likeness (QED) is 0.425. The summed E-state index contributed by atoms with van der Waals surface area (Å²) in [6.07, 6.45) is 4.25. The van der Waals surface area contributed by atoms with Crippen molar-refractivity contribution in [2.75, 3.05) is 0 Å². The molecule has 0 unspecified atom stereocenters. The SMILES string of the molecule is Cc1nn2c(C(C)C)c(C(=O)NCc3n[nH]c4c3CCCC4)ccc2c1-c1c(F)cccc1F. The summed E-state index contributed by atoms with van der Waals surface area (Å²) in [6, 6.07) is 7.23. The van der Waals surface area contributed by atoms with Gasteiger partial charge in [-0.3, -0.25) is 9.89 Å². The Balaban J connectivity index is 1.53. The highest BCUT2D eigenvalue weighted by molar-refractivity contribution is 5.96. The maximum Gasteiger partial charge on any atom is 0.253 e. The topological polar surface area (TPSA) is 75.1 Å². The van der Waals surface area contributed by atoms with Gasteiger partial charge in [-0.25, -0.2) is 13.3 Å². The normalized spacial score (nSPS) is 13.5. The second kappa shape index (κ2) is 8.66. The second-order valence-corrected chi connectivity index (χ2v) is 9.16. The van der Waals surface area contributed by atoms with Crippen molar-refractivity contribution in [3.05, 3.63) is 75.9 Å². The molecule has 0 atom stereocenters. The monoisotopic (exact) mass is 463 g/mol. The zero-order valence-electron chi connectivity index (χ0n) is 19.5. The van der Waals surface area contributed by atoms with Crippen molar-refractivity contribution in [3.63, 3.8) is 0 Å². The van der Waals surface area contributed by atoms with Crippen LogP contribution < -0.4 is 5.32 Å². The van der Waals surface area contributed by atoms with Crippen LogP contribution in [0, 0.1) is 18.6 Å². The van der Waals surface area contributed by atoms with E-state index in [0.29, 0.717) is 34.6 Å². The summed E-state index contributed by atoms with van der Waals surface area (Å²) in [5, 5.41) is 15.1. The molecule has 0 bridgehead atoms. The molecule has 1 aliphatic rings. The van der Waals surface area contributed by atoms with Crippen molar-refractivity contribution in [2.45, 2.75) is 58.9 Å². The van der Waals surface area contributed by atoms with Crippen LogP contribution in [0.4, 0.5) is 8.78 Å². The van der Waals surface area contributed by atoms with Gasteiger partial charge in [0.1, 0.15) is 11.6 Å². The van der Waals surface area contributed by atoms with E-state index in [-0.39, 0.29) is 17.4 Å². The van der Waals surface area contributed by atoms with Crippen molar-refractivity contribution in [3.8, 4) is 11.1 Å². The number of aryl methyl sites for hydroxylation is 2. The Morgan fingerprint density at radius 3 is 2.59 bits per heavy atom. The lowest BCUT2D eigenvalue weighted by atomic mass is 9.96. The van der Waals surface area contributed by atoms with Crippen molar-refractivity contribution in [1.82, 2.24) is 25.1 Å². The lowest BCUT2D eigenvalue weighted by Gasteiger charge is -2.16. The molecule has 0 fully saturated rings. The van der Waals surface area contributed by atoms with E-state index in [1.165, 1.54) is 29.5 Å². The summed E-state index contributed by atoms with van der Waals surface area (Å²) in [5.41, 5.74) is 5.76. The predicted molar refractivity (Wildman–Crippen MR) is 126 cm³/mol. The first-order chi connectivity index (χ1) is 16.4. The maximum atomic E-state index is 14.6. The standard InChI is InChI=1S/C26H27F2N5O/c1-14(2)25-17(26(34)29-13-21-16-7-4-5-10-20(16)30-31-21)11-12-22-23(15(3)32-33(22)25)24-18(27)8-6-9-19(24)28/h6,8-9,11-12,14H,4-5,7,10,13H2,1-3H3,(H,29,34)(H,30,31). The van der Waals surface area contributed by atoms with Gasteiger partial charge < -0.3 is 5.32 Å². The first kappa shape index (κ1) is 22.3. The molecule has 2 N–H and O–H groups in total. The minimum Gasteiger partial charge on any atom is -0.346 e. The van der Waals surface area contributed by atoms with Gasteiger partial charge in [-0.1, -0.05) is 19.9 Å². The Bertz CT molecular complexity index is 1380. The number of nitrogens with zero attached hydrogens (tertiary/aromatic N) is 3.